The Bertz CT molecular complexity index is 362. The number of nitrogens with zero attached hydrogens (tertiary/aromatic N) is 1. The van der Waals surface area contributed by atoms with Gasteiger partial charge < -0.3 is 4.98 Å². The van der Waals surface area contributed by atoms with Crippen LogP contribution in [0, 0.1) is 13.8 Å². The van der Waals surface area contributed by atoms with E-state index >= 15 is 0 Å². The molecular weight excluding hydrogens is 164 g/mol. The van der Waals surface area contributed by atoms with Crippen LogP contribution in [0.1, 0.15) is 29.7 Å². The van der Waals surface area contributed by atoms with E-state index in [2.05, 4.69) is 9.98 Å². The van der Waals surface area contributed by atoms with Crippen molar-refractivity contribution in [2.24, 2.45) is 4.99 Å². The summed E-state index contributed by atoms with van der Waals surface area (Å²) in [7, 11) is 0. The lowest BCUT2D eigenvalue weighted by atomic mass is 10.0. The summed E-state index contributed by atoms with van der Waals surface area (Å²) >= 11 is 0. The second kappa shape index (κ2) is 2.57. The number of aryl methyl sites for hydroxylation is 2. The molecule has 1 aliphatic carbocycles. The molecule has 0 atom stereocenters. The average Bonchev–Trinajstić information content (AvgIpc) is 2.76. The first-order chi connectivity index (χ1) is 6.19. The Balaban J connectivity index is 2.51. The Labute approximate surface area is 76.9 Å². The van der Waals surface area contributed by atoms with Crippen LogP contribution in [0.25, 0.3) is 0 Å². The molecule has 1 aliphatic rings. The fourth-order valence-electron chi connectivity index (χ4n) is 2.00. The molecule has 1 aromatic heterocycles. The third-order valence-electron chi connectivity index (χ3n) is 2.72. The van der Waals surface area contributed by atoms with Gasteiger partial charge in [0.05, 0.1) is 0 Å². The molecule has 0 saturated heterocycles. The van der Waals surface area contributed by atoms with Gasteiger partial charge >= 0.3 is 0 Å². The number of nitrogens with one attached hydrogen (secondary N) is 1. The van der Waals surface area contributed by atoms with Crippen molar-refractivity contribution in [3.05, 3.63) is 23.0 Å². The largest absolute Gasteiger partial charge is 0.365 e. The zero-order valence-corrected chi connectivity index (χ0v) is 7.85. The lowest BCUT2D eigenvalue weighted by Crippen LogP contribution is -2.04. The fraction of sp³-hybridized carbons (Fsp3) is 0.500. The van der Waals surface area contributed by atoms with E-state index in [1.54, 1.807) is 6.08 Å². The minimum Gasteiger partial charge on any atom is -0.365 e. The van der Waals surface area contributed by atoms with Crippen molar-refractivity contribution in [2.45, 2.75) is 32.2 Å². The fourth-order valence-corrected chi connectivity index (χ4v) is 2.00. The van der Waals surface area contributed by atoms with Gasteiger partial charge in [-0.3, -0.25) is 0 Å². The van der Waals surface area contributed by atoms with Gasteiger partial charge in [-0.2, -0.15) is 4.99 Å². The molecule has 0 aliphatic heterocycles. The Kier molecular flexibility index (Phi) is 1.64. The number of aromatic nitrogens is 1. The van der Waals surface area contributed by atoms with Gasteiger partial charge in [0.1, 0.15) is 5.54 Å². The van der Waals surface area contributed by atoms with Crippen LogP contribution < -0.4 is 0 Å². The van der Waals surface area contributed by atoms with E-state index in [1.807, 2.05) is 20.0 Å². The Morgan fingerprint density at radius 2 is 2.23 bits per heavy atom. The molecule has 68 valence electrons. The first kappa shape index (κ1) is 8.27. The van der Waals surface area contributed by atoms with Gasteiger partial charge in [0.2, 0.25) is 6.08 Å². The molecule has 13 heavy (non-hydrogen) atoms. The zero-order chi connectivity index (χ0) is 9.47. The first-order valence-electron chi connectivity index (χ1n) is 4.44. The first-order valence-corrected chi connectivity index (χ1v) is 4.44. The Hall–Kier alpha value is -1.34. The maximum Gasteiger partial charge on any atom is 0.235 e. The molecule has 1 heterocycles. The summed E-state index contributed by atoms with van der Waals surface area (Å²) in [6.07, 6.45) is 5.59. The van der Waals surface area contributed by atoms with Crippen LogP contribution >= 0.6 is 0 Å². The van der Waals surface area contributed by atoms with E-state index in [9.17, 15) is 4.79 Å². The van der Waals surface area contributed by atoms with Crippen LogP contribution in [0.15, 0.2) is 11.2 Å². The molecule has 0 amide bonds. The monoisotopic (exact) mass is 176 g/mol. The zero-order valence-electron chi connectivity index (χ0n) is 7.85. The van der Waals surface area contributed by atoms with Gasteiger partial charge in [0.15, 0.2) is 0 Å². The number of hydrogen-bond acceptors (Lipinski definition) is 2. The number of aliphatic imine (C=N–C) groups is 1. The van der Waals surface area contributed by atoms with Crippen molar-refractivity contribution >= 4 is 6.08 Å². The molecule has 3 heteroatoms. The molecule has 3 nitrogen and oxygen atoms in total. The highest BCUT2D eigenvalue weighted by atomic mass is 16.1. The molecule has 0 radical (unpaired) electrons. The van der Waals surface area contributed by atoms with E-state index < -0.39 is 0 Å². The van der Waals surface area contributed by atoms with Gasteiger partial charge in [-0.25, -0.2) is 4.79 Å². The van der Waals surface area contributed by atoms with Crippen molar-refractivity contribution in [1.29, 1.82) is 0 Å². The predicted molar refractivity (Wildman–Crippen MR) is 49.3 cm³/mol. The number of carbonyl (C=O) groups excluding carboxylic acids is 1. The summed E-state index contributed by atoms with van der Waals surface area (Å²) in [4.78, 5) is 17.3. The van der Waals surface area contributed by atoms with Gasteiger partial charge in [-0.15, -0.1) is 0 Å². The van der Waals surface area contributed by atoms with E-state index in [1.165, 1.54) is 11.1 Å². The van der Waals surface area contributed by atoms with Gasteiger partial charge in [0, 0.05) is 17.5 Å². The number of hydrogen-bond donors (Lipinski definition) is 1. The standard InChI is InChI=1S/C10H12N2O/c1-7-5-11-8(2)9(7)10(3-4-10)12-6-13/h5,11H,3-4H2,1-2H3. The van der Waals surface area contributed by atoms with E-state index in [4.69, 9.17) is 0 Å². The van der Waals surface area contributed by atoms with Crippen LogP contribution in [0.2, 0.25) is 0 Å². The van der Waals surface area contributed by atoms with Crippen molar-refractivity contribution in [1.82, 2.24) is 4.98 Å². The van der Waals surface area contributed by atoms with Crippen molar-refractivity contribution < 1.29 is 4.79 Å². The van der Waals surface area contributed by atoms with Crippen LogP contribution in [0.4, 0.5) is 0 Å². The number of isocyanates is 1. The van der Waals surface area contributed by atoms with Crippen LogP contribution in [0.5, 0.6) is 0 Å². The average molecular weight is 176 g/mol. The second-order valence-corrected chi connectivity index (χ2v) is 3.71. The van der Waals surface area contributed by atoms with Gasteiger partial charge in [-0.05, 0) is 32.3 Å². The predicted octanol–water partition coefficient (Wildman–Crippen LogP) is 1.96. The lowest BCUT2D eigenvalue weighted by molar-refractivity contribution is 0.556. The molecule has 1 aromatic rings. The van der Waals surface area contributed by atoms with Crippen molar-refractivity contribution in [3.63, 3.8) is 0 Å². The smallest absolute Gasteiger partial charge is 0.235 e. The molecule has 1 saturated carbocycles. The topological polar surface area (TPSA) is 45.2 Å². The molecule has 0 unspecified atom stereocenters. The molecule has 2 rings (SSSR count). The molecule has 0 bridgehead atoms. The number of rotatable bonds is 2. The number of H-pyrrole nitrogens is 1. The normalized spacial score (nSPS) is 18.0. The maximum atomic E-state index is 10.3. The third kappa shape index (κ3) is 1.12. The molecule has 0 spiro atoms. The highest BCUT2D eigenvalue weighted by Gasteiger charge is 2.47. The Morgan fingerprint density at radius 1 is 1.54 bits per heavy atom. The second-order valence-electron chi connectivity index (χ2n) is 3.71. The maximum absolute atomic E-state index is 10.3. The van der Waals surface area contributed by atoms with Gasteiger partial charge in [0.25, 0.3) is 0 Å². The molecule has 0 aromatic carbocycles. The van der Waals surface area contributed by atoms with Crippen molar-refractivity contribution in [3.8, 4) is 0 Å². The van der Waals surface area contributed by atoms with Crippen LogP contribution in [-0.2, 0) is 10.3 Å². The summed E-state index contributed by atoms with van der Waals surface area (Å²) in [6, 6.07) is 0. The van der Waals surface area contributed by atoms with Gasteiger partial charge in [-0.1, -0.05) is 0 Å². The summed E-state index contributed by atoms with van der Waals surface area (Å²) in [6.45, 7) is 4.06. The molecule has 1 fully saturated rings. The van der Waals surface area contributed by atoms with E-state index in [-0.39, 0.29) is 5.54 Å². The lowest BCUT2D eigenvalue weighted by Gasteiger charge is -2.08. The Morgan fingerprint density at radius 3 is 2.62 bits per heavy atom. The number of aromatic amines is 1. The summed E-state index contributed by atoms with van der Waals surface area (Å²) in [5.74, 6) is 0. The summed E-state index contributed by atoms with van der Waals surface area (Å²) < 4.78 is 0. The highest BCUT2D eigenvalue weighted by Crippen LogP contribution is 2.51. The summed E-state index contributed by atoms with van der Waals surface area (Å²) in [5.41, 5.74) is 3.27. The van der Waals surface area contributed by atoms with Crippen LogP contribution in [-0.4, -0.2) is 11.1 Å². The summed E-state index contributed by atoms with van der Waals surface area (Å²) in [5, 5.41) is 0. The SMILES string of the molecule is Cc1c[nH]c(C)c1C1(N=C=O)CC1. The minimum absolute atomic E-state index is 0.226. The van der Waals surface area contributed by atoms with E-state index in [0.29, 0.717) is 0 Å². The quantitative estimate of drug-likeness (QED) is 0.543. The van der Waals surface area contributed by atoms with Crippen LogP contribution in [0.3, 0.4) is 0 Å². The van der Waals surface area contributed by atoms with E-state index in [0.717, 1.165) is 18.5 Å². The molecule has 1 N–H and O–H groups in total. The van der Waals surface area contributed by atoms with Crippen molar-refractivity contribution in [2.75, 3.05) is 0 Å². The minimum atomic E-state index is -0.226. The molecular formula is C10H12N2O. The third-order valence-corrected chi connectivity index (χ3v) is 2.72. The highest BCUT2D eigenvalue weighted by molar-refractivity contribution is 5.45.